The fourth-order valence-electron chi connectivity index (χ4n) is 2.82. The summed E-state index contributed by atoms with van der Waals surface area (Å²) in [6, 6.07) is 8.81. The maximum absolute atomic E-state index is 13.4. The predicted octanol–water partition coefficient (Wildman–Crippen LogP) is 1.83. The summed E-state index contributed by atoms with van der Waals surface area (Å²) >= 11 is 0. The third-order valence-corrected chi connectivity index (χ3v) is 5.95. The third-order valence-electron chi connectivity index (χ3n) is 4.30. The standard InChI is InChI=1S/C20H27N4O8P/c1-13(2)30-19(25)14(3)23-33(27,32-15-7-5-4-6-8-15)29-12-18-28-11-17(31-18)24-10-9-16(21)22-20(24)26/h4-10,13-14,17-18H,11-12H2,1-3H3,(H,23,27)(H2,21,22,26)/t14-,17-,18-,33-/m0/s1. The average Bonchev–Trinajstić information content (AvgIpc) is 3.21. The summed E-state index contributed by atoms with van der Waals surface area (Å²) in [5, 5.41) is 2.58. The molecular formula is C20H27N4O8P. The van der Waals surface area contributed by atoms with E-state index in [1.54, 1.807) is 44.2 Å². The van der Waals surface area contributed by atoms with Crippen LogP contribution >= 0.6 is 7.75 Å². The van der Waals surface area contributed by atoms with Crippen LogP contribution in [-0.2, 0) is 28.1 Å². The molecule has 33 heavy (non-hydrogen) atoms. The fourth-order valence-corrected chi connectivity index (χ4v) is 4.29. The van der Waals surface area contributed by atoms with Crippen LogP contribution in [0.25, 0.3) is 0 Å². The molecule has 12 nitrogen and oxygen atoms in total. The first kappa shape index (κ1) is 24.9. The number of nitrogens with two attached hydrogens (primary N) is 1. The minimum absolute atomic E-state index is 0.0356. The minimum atomic E-state index is -4.06. The highest BCUT2D eigenvalue weighted by atomic mass is 31.2. The number of carbonyl (C=O) groups excluding carboxylic acids is 1. The molecule has 1 fully saturated rings. The monoisotopic (exact) mass is 482 g/mol. The largest absolute Gasteiger partial charge is 0.462 e. The molecule has 0 unspecified atom stereocenters. The maximum Gasteiger partial charge on any atom is 0.459 e. The number of benzene rings is 1. The number of nitrogen functional groups attached to an aromatic ring is 1. The van der Waals surface area contributed by atoms with Gasteiger partial charge in [-0.25, -0.2) is 9.36 Å². The molecule has 0 bridgehead atoms. The molecule has 1 aromatic heterocycles. The molecule has 3 rings (SSSR count). The van der Waals surface area contributed by atoms with Crippen molar-refractivity contribution >= 4 is 19.5 Å². The Hall–Kier alpha value is -2.76. The normalized spacial score (nSPS) is 20.8. The van der Waals surface area contributed by atoms with Crippen molar-refractivity contribution in [3.05, 3.63) is 53.1 Å². The van der Waals surface area contributed by atoms with Gasteiger partial charge in [0.25, 0.3) is 0 Å². The molecule has 1 saturated heterocycles. The van der Waals surface area contributed by atoms with Crippen LogP contribution in [0.5, 0.6) is 5.75 Å². The summed E-state index contributed by atoms with van der Waals surface area (Å²) in [5.41, 5.74) is 4.90. The van der Waals surface area contributed by atoms with Gasteiger partial charge in [0, 0.05) is 6.20 Å². The van der Waals surface area contributed by atoms with E-state index in [2.05, 4.69) is 10.1 Å². The zero-order valence-electron chi connectivity index (χ0n) is 18.5. The lowest BCUT2D eigenvalue weighted by Crippen LogP contribution is -2.36. The second kappa shape index (κ2) is 10.9. The van der Waals surface area contributed by atoms with E-state index in [4.69, 9.17) is 29.0 Å². The van der Waals surface area contributed by atoms with E-state index >= 15 is 0 Å². The molecule has 2 heterocycles. The molecule has 2 aromatic rings. The Labute approximate surface area is 190 Å². The minimum Gasteiger partial charge on any atom is -0.462 e. The zero-order chi connectivity index (χ0) is 24.0. The fraction of sp³-hybridized carbons (Fsp3) is 0.450. The number of rotatable bonds is 10. The number of esters is 1. The molecule has 1 aliphatic heterocycles. The van der Waals surface area contributed by atoms with Crippen molar-refractivity contribution in [1.82, 2.24) is 14.6 Å². The summed E-state index contributed by atoms with van der Waals surface area (Å²) in [4.78, 5) is 27.8. The quantitative estimate of drug-likeness (QED) is 0.377. The van der Waals surface area contributed by atoms with Gasteiger partial charge in [-0.1, -0.05) is 18.2 Å². The Bertz CT molecular complexity index is 1050. The van der Waals surface area contributed by atoms with Crippen molar-refractivity contribution in [1.29, 1.82) is 0 Å². The van der Waals surface area contributed by atoms with Gasteiger partial charge in [-0.2, -0.15) is 10.1 Å². The van der Waals surface area contributed by atoms with Gasteiger partial charge in [-0.15, -0.1) is 0 Å². The summed E-state index contributed by atoms with van der Waals surface area (Å²) in [5.74, 6) is -0.261. The number of nitrogens with one attached hydrogen (secondary N) is 1. The molecule has 0 aliphatic carbocycles. The van der Waals surface area contributed by atoms with E-state index in [1.165, 1.54) is 23.8 Å². The number of aromatic nitrogens is 2. The number of ether oxygens (including phenoxy) is 3. The summed E-state index contributed by atoms with van der Waals surface area (Å²) < 4.78 is 42.0. The SMILES string of the molecule is CC(C)OC(=O)[C@H](C)N[P@](=O)(OC[C@H]1OC[C@@H](n2ccc(N)nc2=O)O1)Oc1ccccc1. The molecule has 180 valence electrons. The van der Waals surface area contributed by atoms with E-state index in [0.29, 0.717) is 0 Å². The summed E-state index contributed by atoms with van der Waals surface area (Å²) in [7, 11) is -4.06. The van der Waals surface area contributed by atoms with Crippen LogP contribution in [0, 0.1) is 0 Å². The molecule has 0 spiro atoms. The lowest BCUT2D eigenvalue weighted by Gasteiger charge is -2.24. The number of hydrogen-bond acceptors (Lipinski definition) is 10. The molecule has 3 N–H and O–H groups in total. The average molecular weight is 482 g/mol. The van der Waals surface area contributed by atoms with E-state index in [0.717, 1.165) is 0 Å². The van der Waals surface area contributed by atoms with Gasteiger partial charge in [0.15, 0.2) is 12.5 Å². The van der Waals surface area contributed by atoms with Crippen molar-refractivity contribution in [3.63, 3.8) is 0 Å². The van der Waals surface area contributed by atoms with Crippen LogP contribution in [0.15, 0.2) is 47.4 Å². The Morgan fingerprint density at radius 1 is 1.30 bits per heavy atom. The van der Waals surface area contributed by atoms with Gasteiger partial charge in [-0.3, -0.25) is 13.9 Å². The smallest absolute Gasteiger partial charge is 0.459 e. The van der Waals surface area contributed by atoms with Crippen molar-refractivity contribution in [2.75, 3.05) is 18.9 Å². The predicted molar refractivity (Wildman–Crippen MR) is 117 cm³/mol. The van der Waals surface area contributed by atoms with E-state index in [1.807, 2.05) is 0 Å². The van der Waals surface area contributed by atoms with Crippen LogP contribution in [-0.4, -0.2) is 47.2 Å². The van der Waals surface area contributed by atoms with Gasteiger partial charge in [0.1, 0.15) is 24.2 Å². The molecule has 13 heteroatoms. The highest BCUT2D eigenvalue weighted by molar-refractivity contribution is 7.52. The van der Waals surface area contributed by atoms with Gasteiger partial charge in [0.05, 0.1) is 12.7 Å². The van der Waals surface area contributed by atoms with Crippen LogP contribution in [0.2, 0.25) is 0 Å². The van der Waals surface area contributed by atoms with Crippen molar-refractivity contribution in [3.8, 4) is 5.75 Å². The summed E-state index contributed by atoms with van der Waals surface area (Å²) in [6.45, 7) is 4.61. The highest BCUT2D eigenvalue weighted by Gasteiger charge is 2.36. The Kier molecular flexibility index (Phi) is 8.22. The molecule has 1 aromatic carbocycles. The topological polar surface area (TPSA) is 153 Å². The van der Waals surface area contributed by atoms with Crippen molar-refractivity contribution < 1.29 is 32.6 Å². The molecule has 1 aliphatic rings. The third kappa shape index (κ3) is 7.11. The Morgan fingerprint density at radius 3 is 2.70 bits per heavy atom. The second-order valence-electron chi connectivity index (χ2n) is 7.43. The van der Waals surface area contributed by atoms with Gasteiger partial charge < -0.3 is 24.5 Å². The number of anilines is 1. The van der Waals surface area contributed by atoms with Gasteiger partial charge >= 0.3 is 19.4 Å². The first-order valence-corrected chi connectivity index (χ1v) is 11.8. The number of nitrogens with zero attached hydrogens (tertiary/aromatic N) is 2. The molecular weight excluding hydrogens is 455 g/mol. The second-order valence-corrected chi connectivity index (χ2v) is 9.12. The number of hydrogen-bond donors (Lipinski definition) is 2. The van der Waals surface area contributed by atoms with Crippen LogP contribution < -0.4 is 21.0 Å². The van der Waals surface area contributed by atoms with E-state index < -0.39 is 38.0 Å². The van der Waals surface area contributed by atoms with Crippen molar-refractivity contribution in [2.24, 2.45) is 0 Å². The summed E-state index contributed by atoms with van der Waals surface area (Å²) in [6.07, 6.45) is -0.622. The van der Waals surface area contributed by atoms with Gasteiger partial charge in [-0.05, 0) is 39.0 Å². The van der Waals surface area contributed by atoms with Crippen LogP contribution in [0.4, 0.5) is 5.82 Å². The van der Waals surface area contributed by atoms with Crippen LogP contribution in [0.3, 0.4) is 0 Å². The van der Waals surface area contributed by atoms with Gasteiger partial charge in [0.2, 0.25) is 0 Å². The Balaban J connectivity index is 1.66. The van der Waals surface area contributed by atoms with Crippen LogP contribution in [0.1, 0.15) is 27.0 Å². The highest BCUT2D eigenvalue weighted by Crippen LogP contribution is 2.45. The Morgan fingerprint density at radius 2 is 2.03 bits per heavy atom. The molecule has 0 saturated carbocycles. The zero-order valence-corrected chi connectivity index (χ0v) is 19.3. The van der Waals surface area contributed by atoms with E-state index in [9.17, 15) is 14.2 Å². The molecule has 4 atom stereocenters. The maximum atomic E-state index is 13.4. The lowest BCUT2D eigenvalue weighted by molar-refractivity contribution is -0.149. The molecule has 0 amide bonds. The lowest BCUT2D eigenvalue weighted by atomic mass is 10.3. The first-order chi connectivity index (χ1) is 15.6. The van der Waals surface area contributed by atoms with E-state index in [-0.39, 0.29) is 30.9 Å². The van der Waals surface area contributed by atoms with Crippen molar-refractivity contribution in [2.45, 2.75) is 45.4 Å². The number of para-hydroxylation sites is 1. The first-order valence-electron chi connectivity index (χ1n) is 10.2. The number of carbonyl (C=O) groups is 1. The molecule has 0 radical (unpaired) electrons.